The van der Waals surface area contributed by atoms with Crippen LogP contribution in [0.5, 0.6) is 5.75 Å². The van der Waals surface area contributed by atoms with Gasteiger partial charge in [-0.3, -0.25) is 0 Å². The maximum absolute atomic E-state index is 13.5. The van der Waals surface area contributed by atoms with Gasteiger partial charge in [-0.15, -0.1) is 0 Å². The second-order valence-electron chi connectivity index (χ2n) is 8.65. The van der Waals surface area contributed by atoms with E-state index < -0.39 is 11.6 Å². The van der Waals surface area contributed by atoms with E-state index in [0.717, 1.165) is 35.1 Å². The van der Waals surface area contributed by atoms with Gasteiger partial charge in [0, 0.05) is 11.0 Å². The van der Waals surface area contributed by atoms with E-state index >= 15 is 0 Å². The van der Waals surface area contributed by atoms with E-state index in [1.165, 1.54) is 6.92 Å². The Morgan fingerprint density at radius 1 is 0.871 bits per heavy atom. The molecule has 2 rings (SSSR count). The molecule has 0 bridgehead atoms. The van der Waals surface area contributed by atoms with Gasteiger partial charge in [0.2, 0.25) is 0 Å². The minimum atomic E-state index is -4.36. The molecule has 2 aromatic rings. The van der Waals surface area contributed by atoms with E-state index in [1.54, 1.807) is 13.0 Å². The lowest BCUT2D eigenvalue weighted by molar-refractivity contribution is -0.198. The fraction of sp³-hybridized carbons (Fsp3) is 0.481. The Bertz CT molecular complexity index is 974. The van der Waals surface area contributed by atoms with Gasteiger partial charge < -0.3 is 5.11 Å². The first-order valence-corrected chi connectivity index (χ1v) is 10.9. The van der Waals surface area contributed by atoms with Crippen molar-refractivity contribution in [3.8, 4) is 17.6 Å². The first-order valence-electron chi connectivity index (χ1n) is 10.9. The van der Waals surface area contributed by atoms with Crippen LogP contribution >= 0.6 is 0 Å². The molecule has 0 aliphatic rings. The third-order valence-electron chi connectivity index (χ3n) is 6.58. The summed E-state index contributed by atoms with van der Waals surface area (Å²) >= 11 is 0. The van der Waals surface area contributed by atoms with Crippen LogP contribution in [-0.2, 0) is 5.41 Å². The molecule has 0 aromatic heterocycles. The van der Waals surface area contributed by atoms with Crippen LogP contribution in [0.15, 0.2) is 36.4 Å². The van der Waals surface area contributed by atoms with Crippen molar-refractivity contribution < 1.29 is 18.3 Å². The average molecular weight is 431 g/mol. The maximum Gasteiger partial charge on any atom is 0.404 e. The molecule has 0 aliphatic heterocycles. The van der Waals surface area contributed by atoms with Crippen LogP contribution in [-0.4, -0.2) is 11.3 Å². The van der Waals surface area contributed by atoms with Crippen molar-refractivity contribution in [2.45, 2.75) is 78.8 Å². The van der Waals surface area contributed by atoms with Crippen LogP contribution in [0.3, 0.4) is 0 Å². The number of aryl methyl sites for hydroxylation is 2. The molecule has 0 fully saturated rings. The molecule has 31 heavy (non-hydrogen) atoms. The molecule has 1 atom stereocenters. The Morgan fingerprint density at radius 2 is 1.42 bits per heavy atom. The number of hydrogen-bond acceptors (Lipinski definition) is 1. The molecule has 168 valence electrons. The molecule has 0 heterocycles. The van der Waals surface area contributed by atoms with Gasteiger partial charge in [0.05, 0.1) is 0 Å². The fourth-order valence-electron chi connectivity index (χ4n) is 4.27. The summed E-state index contributed by atoms with van der Waals surface area (Å²) in [5, 5.41) is 9.93. The van der Waals surface area contributed by atoms with Crippen molar-refractivity contribution in [1.29, 1.82) is 0 Å². The molecule has 2 aromatic carbocycles. The molecular formula is C27H33F3O. The van der Waals surface area contributed by atoms with Crippen molar-refractivity contribution in [3.05, 3.63) is 64.2 Å². The van der Waals surface area contributed by atoms with Gasteiger partial charge in [-0.05, 0) is 74.4 Å². The van der Waals surface area contributed by atoms with Gasteiger partial charge in [0.15, 0.2) is 0 Å². The topological polar surface area (TPSA) is 20.2 Å². The lowest BCUT2D eigenvalue weighted by Crippen LogP contribution is -2.33. The smallest absolute Gasteiger partial charge is 0.404 e. The normalized spacial score (nSPS) is 14.0. The molecule has 1 N–H and O–H groups in total. The molecule has 0 amide bonds. The molecule has 0 radical (unpaired) electrons. The molecule has 0 spiro atoms. The molecule has 0 saturated heterocycles. The fourth-order valence-corrected chi connectivity index (χ4v) is 4.27. The summed E-state index contributed by atoms with van der Waals surface area (Å²) in [6, 6.07) is 11.6. The maximum atomic E-state index is 13.5. The first kappa shape index (κ1) is 24.9. The standard InChI is InChI=1S/C27H33F3O/c1-7-15-25(6,27(28,29)30)16-14-21-10-11-22(17-19(21)4)26(8-2,9-3)23-12-13-24(31)20(5)18-23/h10-13,17-18,31H,7-9,15H2,1-6H3. The number of rotatable bonds is 6. The van der Waals surface area contributed by atoms with Crippen molar-refractivity contribution in [2.24, 2.45) is 5.41 Å². The van der Waals surface area contributed by atoms with Gasteiger partial charge in [-0.1, -0.05) is 63.3 Å². The van der Waals surface area contributed by atoms with Gasteiger partial charge >= 0.3 is 6.18 Å². The monoisotopic (exact) mass is 430 g/mol. The Balaban J connectivity index is 2.53. The number of hydrogen-bond donors (Lipinski definition) is 1. The zero-order chi connectivity index (χ0) is 23.4. The Hall–Kier alpha value is -2.41. The predicted octanol–water partition coefficient (Wildman–Crippen LogP) is 7.84. The Kier molecular flexibility index (Phi) is 7.53. The molecule has 4 heteroatoms. The summed E-state index contributed by atoms with van der Waals surface area (Å²) in [7, 11) is 0. The molecular weight excluding hydrogens is 397 g/mol. The van der Waals surface area contributed by atoms with Gasteiger partial charge in [0.25, 0.3) is 0 Å². The third kappa shape index (κ3) is 4.92. The van der Waals surface area contributed by atoms with E-state index in [9.17, 15) is 18.3 Å². The summed E-state index contributed by atoms with van der Waals surface area (Å²) < 4.78 is 40.6. The van der Waals surface area contributed by atoms with E-state index in [4.69, 9.17) is 0 Å². The van der Waals surface area contributed by atoms with Gasteiger partial charge in [-0.2, -0.15) is 13.2 Å². The average Bonchev–Trinajstić information content (AvgIpc) is 2.70. The quantitative estimate of drug-likeness (QED) is 0.463. The highest BCUT2D eigenvalue weighted by Gasteiger charge is 2.49. The highest BCUT2D eigenvalue weighted by molar-refractivity contribution is 5.50. The van der Waals surface area contributed by atoms with E-state index in [1.807, 2.05) is 44.2 Å². The summed E-state index contributed by atoms with van der Waals surface area (Å²) in [6.07, 6.45) is -2.23. The molecule has 1 nitrogen and oxygen atoms in total. The van der Waals surface area contributed by atoms with Gasteiger partial charge in [-0.25, -0.2) is 0 Å². The Labute approximate surface area is 184 Å². The van der Waals surface area contributed by atoms with Crippen LogP contribution in [0, 0.1) is 31.1 Å². The number of phenols is 1. The third-order valence-corrected chi connectivity index (χ3v) is 6.58. The molecule has 1 unspecified atom stereocenters. The largest absolute Gasteiger partial charge is 0.508 e. The highest BCUT2D eigenvalue weighted by Crippen LogP contribution is 2.42. The number of phenolic OH excluding ortho intramolecular Hbond substituents is 1. The van der Waals surface area contributed by atoms with E-state index in [-0.39, 0.29) is 17.6 Å². The van der Waals surface area contributed by atoms with Crippen molar-refractivity contribution in [1.82, 2.24) is 0 Å². The summed E-state index contributed by atoms with van der Waals surface area (Å²) in [6.45, 7) is 11.0. The van der Waals surface area contributed by atoms with Crippen LogP contribution in [0.2, 0.25) is 0 Å². The van der Waals surface area contributed by atoms with Crippen LogP contribution in [0.4, 0.5) is 13.2 Å². The van der Waals surface area contributed by atoms with Gasteiger partial charge in [0.1, 0.15) is 11.2 Å². The van der Waals surface area contributed by atoms with E-state index in [0.29, 0.717) is 12.0 Å². The van der Waals surface area contributed by atoms with Crippen molar-refractivity contribution in [3.63, 3.8) is 0 Å². The number of alkyl halides is 3. The second kappa shape index (κ2) is 9.39. The number of aromatic hydroxyl groups is 1. The Morgan fingerprint density at radius 3 is 1.87 bits per heavy atom. The minimum absolute atomic E-state index is 0.0182. The summed E-state index contributed by atoms with van der Waals surface area (Å²) in [4.78, 5) is 0. The number of benzene rings is 2. The molecule has 0 saturated carbocycles. The first-order chi connectivity index (χ1) is 14.4. The van der Waals surface area contributed by atoms with Crippen molar-refractivity contribution in [2.75, 3.05) is 0 Å². The molecule has 0 aliphatic carbocycles. The van der Waals surface area contributed by atoms with Crippen LogP contribution in [0.1, 0.15) is 81.2 Å². The second-order valence-corrected chi connectivity index (χ2v) is 8.65. The summed E-state index contributed by atoms with van der Waals surface area (Å²) in [5.74, 6) is 5.61. The predicted molar refractivity (Wildman–Crippen MR) is 121 cm³/mol. The minimum Gasteiger partial charge on any atom is -0.508 e. The number of halogens is 3. The highest BCUT2D eigenvalue weighted by atomic mass is 19.4. The van der Waals surface area contributed by atoms with E-state index in [2.05, 4.69) is 25.7 Å². The van der Waals surface area contributed by atoms with Crippen LogP contribution in [0.25, 0.3) is 0 Å². The summed E-state index contributed by atoms with van der Waals surface area (Å²) in [5.41, 5.74) is 2.30. The van der Waals surface area contributed by atoms with Crippen LogP contribution < -0.4 is 0 Å². The lowest BCUT2D eigenvalue weighted by Gasteiger charge is -2.34. The SMILES string of the molecule is CCCC(C)(C#Cc1ccc(C(CC)(CC)c2ccc(O)c(C)c2)cc1C)C(F)(F)F. The zero-order valence-corrected chi connectivity index (χ0v) is 19.4. The van der Waals surface area contributed by atoms with Crippen molar-refractivity contribution >= 4 is 0 Å². The zero-order valence-electron chi connectivity index (χ0n) is 19.4. The lowest BCUT2D eigenvalue weighted by atomic mass is 9.70.